The molecule has 0 atom stereocenters. The molecule has 0 fully saturated rings. The van der Waals surface area contributed by atoms with Gasteiger partial charge in [-0.05, 0) is 6.92 Å². The number of rotatable bonds is 3. The van der Waals surface area contributed by atoms with E-state index >= 15 is 0 Å². The number of amides is 1. The number of hydrogen-bond donors (Lipinski definition) is 1. The van der Waals surface area contributed by atoms with E-state index < -0.39 is 0 Å². The molecule has 0 saturated heterocycles. The predicted octanol–water partition coefficient (Wildman–Crippen LogP) is 1.20. The molecule has 1 rings (SSSR count). The molecule has 1 aromatic heterocycles. The lowest BCUT2D eigenvalue weighted by Gasteiger charge is -1.96. The van der Waals surface area contributed by atoms with Crippen LogP contribution in [0.15, 0.2) is 0 Å². The molecule has 1 N–H and O–H groups in total. The Hall–Kier alpha value is -1.41. The normalized spacial score (nSPS) is 9.23. The standard InChI is InChI=1S/C8H9N3OS/c1-3-4-5-7(12)10-8-9-6(2)11-13-8/h1H,4-5H2,2H3,(H,9,10,11,12). The summed E-state index contributed by atoms with van der Waals surface area (Å²) in [6.07, 6.45) is 5.80. The van der Waals surface area contributed by atoms with E-state index in [0.29, 0.717) is 23.8 Å². The van der Waals surface area contributed by atoms with E-state index in [1.165, 1.54) is 11.5 Å². The van der Waals surface area contributed by atoms with Crippen molar-refractivity contribution in [2.45, 2.75) is 19.8 Å². The Morgan fingerprint density at radius 3 is 3.08 bits per heavy atom. The summed E-state index contributed by atoms with van der Waals surface area (Å²) in [7, 11) is 0. The van der Waals surface area contributed by atoms with Crippen LogP contribution in [0.4, 0.5) is 5.13 Å². The Kier molecular flexibility index (Phi) is 3.41. The van der Waals surface area contributed by atoms with Gasteiger partial charge in [-0.2, -0.15) is 4.37 Å². The molecule has 1 aromatic rings. The zero-order chi connectivity index (χ0) is 9.68. The van der Waals surface area contributed by atoms with Crippen LogP contribution in [0.25, 0.3) is 0 Å². The second-order valence-electron chi connectivity index (χ2n) is 2.40. The third-order valence-electron chi connectivity index (χ3n) is 1.27. The highest BCUT2D eigenvalue weighted by atomic mass is 32.1. The number of terminal acetylenes is 1. The van der Waals surface area contributed by atoms with Gasteiger partial charge in [-0.25, -0.2) is 4.98 Å². The summed E-state index contributed by atoms with van der Waals surface area (Å²) in [5, 5.41) is 3.14. The molecule has 0 spiro atoms. The Bertz CT molecular complexity index is 339. The zero-order valence-corrected chi connectivity index (χ0v) is 8.02. The summed E-state index contributed by atoms with van der Waals surface area (Å²) in [4.78, 5) is 15.1. The highest BCUT2D eigenvalue weighted by Crippen LogP contribution is 2.10. The van der Waals surface area contributed by atoms with E-state index in [0.717, 1.165) is 0 Å². The number of nitrogens with one attached hydrogen (secondary N) is 1. The fourth-order valence-electron chi connectivity index (χ4n) is 0.715. The molecule has 0 saturated carbocycles. The minimum absolute atomic E-state index is 0.117. The number of aromatic nitrogens is 2. The van der Waals surface area contributed by atoms with Crippen LogP contribution < -0.4 is 5.32 Å². The molecule has 1 amide bonds. The van der Waals surface area contributed by atoms with Crippen molar-refractivity contribution in [3.05, 3.63) is 5.82 Å². The lowest BCUT2D eigenvalue weighted by Crippen LogP contribution is -2.10. The molecule has 68 valence electrons. The average molecular weight is 195 g/mol. The van der Waals surface area contributed by atoms with Gasteiger partial charge in [0.15, 0.2) is 0 Å². The summed E-state index contributed by atoms with van der Waals surface area (Å²) in [5.74, 6) is 2.94. The minimum Gasteiger partial charge on any atom is -0.301 e. The van der Waals surface area contributed by atoms with Crippen molar-refractivity contribution in [1.82, 2.24) is 9.36 Å². The van der Waals surface area contributed by atoms with Crippen LogP contribution in [0, 0.1) is 19.3 Å². The maximum Gasteiger partial charge on any atom is 0.227 e. The second kappa shape index (κ2) is 4.58. The van der Waals surface area contributed by atoms with Gasteiger partial charge in [0, 0.05) is 24.4 Å². The Morgan fingerprint density at radius 2 is 2.54 bits per heavy atom. The highest BCUT2D eigenvalue weighted by molar-refractivity contribution is 7.09. The van der Waals surface area contributed by atoms with Crippen LogP contribution >= 0.6 is 11.5 Å². The van der Waals surface area contributed by atoms with Crippen LogP contribution in [0.5, 0.6) is 0 Å². The summed E-state index contributed by atoms with van der Waals surface area (Å²) >= 11 is 1.17. The fraction of sp³-hybridized carbons (Fsp3) is 0.375. The quantitative estimate of drug-likeness (QED) is 0.737. The van der Waals surface area contributed by atoms with Crippen LogP contribution in [-0.2, 0) is 4.79 Å². The first-order valence-electron chi connectivity index (χ1n) is 3.76. The van der Waals surface area contributed by atoms with Gasteiger partial charge < -0.3 is 5.32 Å². The molecule has 5 heteroatoms. The average Bonchev–Trinajstić information content (AvgIpc) is 2.48. The van der Waals surface area contributed by atoms with Crippen molar-refractivity contribution in [2.24, 2.45) is 0 Å². The van der Waals surface area contributed by atoms with Gasteiger partial charge in [-0.3, -0.25) is 4.79 Å². The van der Waals surface area contributed by atoms with E-state index in [1.807, 2.05) is 0 Å². The maximum atomic E-state index is 11.1. The third kappa shape index (κ3) is 3.22. The number of nitrogens with zero attached hydrogens (tertiary/aromatic N) is 2. The van der Waals surface area contributed by atoms with Crippen molar-refractivity contribution in [1.29, 1.82) is 0 Å². The molecule has 0 aromatic carbocycles. The van der Waals surface area contributed by atoms with Crippen LogP contribution in [0.2, 0.25) is 0 Å². The smallest absolute Gasteiger partial charge is 0.227 e. The number of hydrogen-bond acceptors (Lipinski definition) is 4. The molecule has 13 heavy (non-hydrogen) atoms. The summed E-state index contributed by atoms with van der Waals surface area (Å²) in [6, 6.07) is 0. The number of carbonyl (C=O) groups is 1. The van der Waals surface area contributed by atoms with Gasteiger partial charge >= 0.3 is 0 Å². The van der Waals surface area contributed by atoms with Crippen LogP contribution in [0.3, 0.4) is 0 Å². The van der Waals surface area contributed by atoms with Crippen molar-refractivity contribution < 1.29 is 4.79 Å². The van der Waals surface area contributed by atoms with Gasteiger partial charge in [0.05, 0.1) is 0 Å². The molecule has 0 aliphatic rings. The number of aryl methyl sites for hydroxylation is 1. The monoisotopic (exact) mass is 195 g/mol. The van der Waals surface area contributed by atoms with E-state index in [2.05, 4.69) is 20.6 Å². The molecule has 0 aliphatic carbocycles. The van der Waals surface area contributed by atoms with Gasteiger partial charge in [-0.1, -0.05) is 0 Å². The van der Waals surface area contributed by atoms with Crippen LogP contribution in [0.1, 0.15) is 18.7 Å². The SMILES string of the molecule is C#CCCC(=O)Nc1nc(C)ns1. The molecule has 0 radical (unpaired) electrons. The first-order valence-corrected chi connectivity index (χ1v) is 4.53. The second-order valence-corrected chi connectivity index (χ2v) is 3.15. The summed E-state index contributed by atoms with van der Waals surface area (Å²) in [6.45, 7) is 1.77. The van der Waals surface area contributed by atoms with E-state index in [9.17, 15) is 4.79 Å². The van der Waals surface area contributed by atoms with Gasteiger partial charge in [0.25, 0.3) is 0 Å². The molecular formula is C8H9N3OS. The largest absolute Gasteiger partial charge is 0.301 e. The third-order valence-corrected chi connectivity index (χ3v) is 1.99. The lowest BCUT2D eigenvalue weighted by molar-refractivity contribution is -0.116. The molecule has 0 aliphatic heterocycles. The van der Waals surface area contributed by atoms with E-state index in [4.69, 9.17) is 6.42 Å². The van der Waals surface area contributed by atoms with Gasteiger partial charge in [0.1, 0.15) is 5.82 Å². The Labute approximate surface area is 80.6 Å². The maximum absolute atomic E-state index is 11.1. The lowest BCUT2D eigenvalue weighted by atomic mass is 10.3. The van der Waals surface area contributed by atoms with Crippen molar-refractivity contribution in [3.63, 3.8) is 0 Å². The molecule has 0 bridgehead atoms. The molecule has 1 heterocycles. The number of anilines is 1. The topological polar surface area (TPSA) is 54.9 Å². The van der Waals surface area contributed by atoms with E-state index in [-0.39, 0.29) is 5.91 Å². The minimum atomic E-state index is -0.117. The first-order chi connectivity index (χ1) is 6.22. The van der Waals surface area contributed by atoms with Crippen molar-refractivity contribution >= 4 is 22.6 Å². The molecule has 0 unspecified atom stereocenters. The fourth-order valence-corrected chi connectivity index (χ4v) is 1.31. The molecular weight excluding hydrogens is 186 g/mol. The summed E-state index contributed by atoms with van der Waals surface area (Å²) in [5.41, 5.74) is 0. The predicted molar refractivity (Wildman–Crippen MR) is 51.3 cm³/mol. The Morgan fingerprint density at radius 1 is 1.77 bits per heavy atom. The van der Waals surface area contributed by atoms with Crippen molar-refractivity contribution in [2.75, 3.05) is 5.32 Å². The Balaban J connectivity index is 2.41. The van der Waals surface area contributed by atoms with E-state index in [1.54, 1.807) is 6.92 Å². The summed E-state index contributed by atoms with van der Waals surface area (Å²) < 4.78 is 3.93. The van der Waals surface area contributed by atoms with Crippen molar-refractivity contribution in [3.8, 4) is 12.3 Å². The number of carbonyl (C=O) groups excluding carboxylic acids is 1. The first kappa shape index (κ1) is 9.68. The van der Waals surface area contributed by atoms with Gasteiger partial charge in [-0.15, -0.1) is 12.3 Å². The van der Waals surface area contributed by atoms with Gasteiger partial charge in [0.2, 0.25) is 11.0 Å². The highest BCUT2D eigenvalue weighted by Gasteiger charge is 2.04. The molecule has 4 nitrogen and oxygen atoms in total. The van der Waals surface area contributed by atoms with Crippen LogP contribution in [-0.4, -0.2) is 15.3 Å². The zero-order valence-electron chi connectivity index (χ0n) is 7.20.